The highest BCUT2D eigenvalue weighted by Gasteiger charge is 2.08. The van der Waals surface area contributed by atoms with Gasteiger partial charge < -0.3 is 20.1 Å². The van der Waals surface area contributed by atoms with Crippen LogP contribution < -0.4 is 20.5 Å². The van der Waals surface area contributed by atoms with E-state index in [2.05, 4.69) is 15.6 Å². The molecule has 0 atom stereocenters. The molecule has 8 nitrogen and oxygen atoms in total. The Labute approximate surface area is 178 Å². The van der Waals surface area contributed by atoms with Gasteiger partial charge in [-0.05, 0) is 43.2 Å². The van der Waals surface area contributed by atoms with Gasteiger partial charge in [0.2, 0.25) is 10.0 Å². The molecule has 4 N–H and O–H groups in total. The molecule has 0 aliphatic rings. The van der Waals surface area contributed by atoms with Crippen molar-refractivity contribution in [2.75, 3.05) is 26.9 Å². The summed E-state index contributed by atoms with van der Waals surface area (Å²) in [6.07, 6.45) is 0. The topological polar surface area (TPSA) is 115 Å². The Kier molecular flexibility index (Phi) is 9.10. The van der Waals surface area contributed by atoms with Crippen molar-refractivity contribution in [1.82, 2.24) is 10.6 Å². The van der Waals surface area contributed by atoms with Crippen LogP contribution in [-0.4, -0.2) is 41.2 Å². The van der Waals surface area contributed by atoms with Crippen molar-refractivity contribution in [3.8, 4) is 5.75 Å². The minimum atomic E-state index is -3.69. The summed E-state index contributed by atoms with van der Waals surface area (Å²) >= 11 is 0. The lowest BCUT2D eigenvalue weighted by Crippen LogP contribution is -2.36. The van der Waals surface area contributed by atoms with Gasteiger partial charge in [0.1, 0.15) is 12.4 Å². The first-order valence-electron chi connectivity index (χ1n) is 9.69. The predicted molar refractivity (Wildman–Crippen MR) is 118 cm³/mol. The van der Waals surface area contributed by atoms with Crippen molar-refractivity contribution < 1.29 is 17.9 Å². The molecule has 0 amide bonds. The smallest absolute Gasteiger partial charge is 0.238 e. The second kappa shape index (κ2) is 11.5. The molecule has 0 aromatic heterocycles. The number of nitrogens with two attached hydrogens (primary N) is 1. The normalized spacial score (nSPS) is 11.9. The Morgan fingerprint density at radius 3 is 2.40 bits per heavy atom. The van der Waals surface area contributed by atoms with Crippen molar-refractivity contribution in [2.45, 2.75) is 31.8 Å². The molecular weight excluding hydrogens is 404 g/mol. The van der Waals surface area contributed by atoms with Crippen molar-refractivity contribution in [1.29, 1.82) is 0 Å². The Balaban J connectivity index is 1.92. The van der Waals surface area contributed by atoms with Crippen LogP contribution in [0.2, 0.25) is 0 Å². The van der Waals surface area contributed by atoms with Crippen LogP contribution in [-0.2, 0) is 27.8 Å². The van der Waals surface area contributed by atoms with Crippen LogP contribution in [0.3, 0.4) is 0 Å². The van der Waals surface area contributed by atoms with Crippen LogP contribution in [0.1, 0.15) is 23.6 Å². The monoisotopic (exact) mass is 434 g/mol. The van der Waals surface area contributed by atoms with Gasteiger partial charge in [-0.15, -0.1) is 0 Å². The molecule has 0 radical (unpaired) electrons. The van der Waals surface area contributed by atoms with Gasteiger partial charge in [0, 0.05) is 32.3 Å². The van der Waals surface area contributed by atoms with Crippen molar-refractivity contribution >= 4 is 16.0 Å². The first-order chi connectivity index (χ1) is 14.3. The minimum absolute atomic E-state index is 0.0880. The number of nitrogens with zero attached hydrogens (tertiary/aromatic N) is 1. The van der Waals surface area contributed by atoms with Gasteiger partial charge in [-0.3, -0.25) is 4.99 Å². The molecule has 0 saturated carbocycles. The molecule has 0 heterocycles. The van der Waals surface area contributed by atoms with Crippen molar-refractivity contribution in [3.63, 3.8) is 0 Å². The van der Waals surface area contributed by atoms with E-state index in [1.54, 1.807) is 19.2 Å². The Bertz CT molecular complexity index is 944. The van der Waals surface area contributed by atoms with E-state index in [1.165, 1.54) is 12.1 Å². The summed E-state index contributed by atoms with van der Waals surface area (Å²) < 4.78 is 33.9. The molecule has 0 bridgehead atoms. The number of sulfonamides is 1. The van der Waals surface area contributed by atoms with E-state index in [0.717, 1.165) is 22.4 Å². The number of aliphatic imine (C=N–C) groups is 1. The maximum absolute atomic E-state index is 11.3. The maximum Gasteiger partial charge on any atom is 0.238 e. The van der Waals surface area contributed by atoms with E-state index in [9.17, 15) is 8.42 Å². The lowest BCUT2D eigenvalue weighted by atomic mass is 10.1. The molecule has 0 aliphatic carbocycles. The zero-order chi connectivity index (χ0) is 22.0. The number of ether oxygens (including phenoxy) is 2. The molecule has 2 aromatic carbocycles. The summed E-state index contributed by atoms with van der Waals surface area (Å²) in [5, 5.41) is 11.6. The van der Waals surface area contributed by atoms with E-state index >= 15 is 0 Å². The summed E-state index contributed by atoms with van der Waals surface area (Å²) in [7, 11) is -2.00. The van der Waals surface area contributed by atoms with Gasteiger partial charge in [0.15, 0.2) is 5.96 Å². The van der Waals surface area contributed by atoms with E-state index in [0.29, 0.717) is 38.9 Å². The first kappa shape index (κ1) is 23.7. The molecule has 30 heavy (non-hydrogen) atoms. The average molecular weight is 435 g/mol. The predicted octanol–water partition coefficient (Wildman–Crippen LogP) is 1.92. The fraction of sp³-hybridized carbons (Fsp3) is 0.381. The highest BCUT2D eigenvalue weighted by atomic mass is 32.2. The van der Waals surface area contributed by atoms with E-state index in [4.69, 9.17) is 14.6 Å². The molecule has 164 valence electrons. The molecule has 0 saturated heterocycles. The third-order valence-corrected chi connectivity index (χ3v) is 5.22. The summed E-state index contributed by atoms with van der Waals surface area (Å²) in [4.78, 5) is 4.31. The number of nitrogens with one attached hydrogen (secondary N) is 2. The van der Waals surface area contributed by atoms with Crippen LogP contribution in [0.25, 0.3) is 0 Å². The third kappa shape index (κ3) is 7.66. The number of hydrogen-bond donors (Lipinski definition) is 3. The highest BCUT2D eigenvalue weighted by Crippen LogP contribution is 2.20. The fourth-order valence-electron chi connectivity index (χ4n) is 2.68. The standard InChI is InChI=1S/C21H30N4O4S/c1-4-28-11-12-29-20-13-16(2)5-8-18(20)15-25-21(23-3)24-14-17-6-9-19(10-7-17)30(22,26)27/h5-10,13H,4,11-12,14-15H2,1-3H3,(H2,22,26,27)(H2,23,24,25). The van der Waals surface area contributed by atoms with Gasteiger partial charge in [-0.1, -0.05) is 24.3 Å². The highest BCUT2D eigenvalue weighted by molar-refractivity contribution is 7.89. The summed E-state index contributed by atoms with van der Waals surface area (Å²) in [6.45, 7) is 6.70. The molecule has 0 unspecified atom stereocenters. The van der Waals surface area contributed by atoms with E-state index in [1.807, 2.05) is 32.0 Å². The molecule has 0 spiro atoms. The Morgan fingerprint density at radius 1 is 1.07 bits per heavy atom. The Hall–Kier alpha value is -2.62. The molecule has 2 rings (SSSR count). The summed E-state index contributed by atoms with van der Waals surface area (Å²) in [5.41, 5.74) is 3.04. The van der Waals surface area contributed by atoms with Gasteiger partial charge in [0.05, 0.1) is 11.5 Å². The molecule has 0 fully saturated rings. The number of rotatable bonds is 10. The average Bonchev–Trinajstić information content (AvgIpc) is 2.72. The molecule has 9 heteroatoms. The summed E-state index contributed by atoms with van der Waals surface area (Å²) in [5.74, 6) is 1.43. The SMILES string of the molecule is CCOCCOc1cc(C)ccc1CNC(=NC)NCc1ccc(S(N)(=O)=O)cc1. The second-order valence-electron chi connectivity index (χ2n) is 6.62. The van der Waals surface area contributed by atoms with Crippen molar-refractivity contribution in [2.24, 2.45) is 10.1 Å². The largest absolute Gasteiger partial charge is 0.491 e. The van der Waals surface area contributed by atoms with E-state index in [-0.39, 0.29) is 4.90 Å². The van der Waals surface area contributed by atoms with Crippen LogP contribution in [0.4, 0.5) is 0 Å². The minimum Gasteiger partial charge on any atom is -0.491 e. The molecule has 2 aromatic rings. The number of hydrogen-bond acceptors (Lipinski definition) is 5. The lowest BCUT2D eigenvalue weighted by Gasteiger charge is -2.15. The number of benzene rings is 2. The second-order valence-corrected chi connectivity index (χ2v) is 8.19. The van der Waals surface area contributed by atoms with E-state index < -0.39 is 10.0 Å². The summed E-state index contributed by atoms with van der Waals surface area (Å²) in [6, 6.07) is 12.5. The third-order valence-electron chi connectivity index (χ3n) is 4.29. The maximum atomic E-state index is 11.3. The van der Waals surface area contributed by atoms with Crippen LogP contribution >= 0.6 is 0 Å². The van der Waals surface area contributed by atoms with Gasteiger partial charge in [0.25, 0.3) is 0 Å². The van der Waals surface area contributed by atoms with Gasteiger partial charge >= 0.3 is 0 Å². The van der Waals surface area contributed by atoms with Crippen molar-refractivity contribution in [3.05, 3.63) is 59.2 Å². The fourth-order valence-corrected chi connectivity index (χ4v) is 3.19. The Morgan fingerprint density at radius 2 is 1.77 bits per heavy atom. The molecular formula is C21H30N4O4S. The number of aryl methyl sites for hydroxylation is 1. The lowest BCUT2D eigenvalue weighted by molar-refractivity contribution is 0.110. The quantitative estimate of drug-likeness (QED) is 0.299. The van der Waals surface area contributed by atoms with Gasteiger partial charge in [-0.2, -0.15) is 0 Å². The van der Waals surface area contributed by atoms with Crippen LogP contribution in [0.15, 0.2) is 52.4 Å². The van der Waals surface area contributed by atoms with Crippen LogP contribution in [0.5, 0.6) is 5.75 Å². The zero-order valence-electron chi connectivity index (χ0n) is 17.6. The van der Waals surface area contributed by atoms with Gasteiger partial charge in [-0.25, -0.2) is 13.6 Å². The molecule has 0 aliphatic heterocycles. The number of primary sulfonamides is 1. The van der Waals surface area contributed by atoms with Crippen LogP contribution in [0, 0.1) is 6.92 Å². The first-order valence-corrected chi connectivity index (χ1v) is 11.2. The number of guanidine groups is 1. The zero-order valence-corrected chi connectivity index (χ0v) is 18.5.